The zero-order valence-corrected chi connectivity index (χ0v) is 11.4. The molecule has 2 unspecified atom stereocenters. The molecule has 0 aromatic heterocycles. The Bertz CT molecular complexity index is 237. The van der Waals surface area contributed by atoms with Gasteiger partial charge in [-0.25, -0.2) is 0 Å². The van der Waals surface area contributed by atoms with Crippen molar-refractivity contribution >= 4 is 0 Å². The van der Waals surface area contributed by atoms with E-state index in [2.05, 4.69) is 24.1 Å². The Morgan fingerprint density at radius 3 is 2.11 bits per heavy atom. The quantitative estimate of drug-likeness (QED) is 0.815. The van der Waals surface area contributed by atoms with Gasteiger partial charge in [-0.1, -0.05) is 0 Å². The summed E-state index contributed by atoms with van der Waals surface area (Å²) in [6, 6.07) is 0.855. The van der Waals surface area contributed by atoms with Gasteiger partial charge in [-0.2, -0.15) is 13.2 Å². The molecule has 1 N–H and O–H groups in total. The average molecular weight is 267 g/mol. The van der Waals surface area contributed by atoms with Gasteiger partial charge in [0.1, 0.15) is 0 Å². The van der Waals surface area contributed by atoms with E-state index in [1.165, 1.54) is 4.90 Å². The molecule has 2 atom stereocenters. The van der Waals surface area contributed by atoms with E-state index >= 15 is 0 Å². The summed E-state index contributed by atoms with van der Waals surface area (Å²) in [6.45, 7) is 5.97. The van der Waals surface area contributed by atoms with Crippen molar-refractivity contribution < 1.29 is 13.2 Å². The number of halogens is 3. The molecule has 0 bridgehead atoms. The van der Waals surface area contributed by atoms with E-state index in [1.54, 1.807) is 0 Å². The first-order chi connectivity index (χ1) is 8.31. The summed E-state index contributed by atoms with van der Waals surface area (Å²) in [6.07, 6.45) is -3.05. The molecule has 6 heteroatoms. The second-order valence-electron chi connectivity index (χ2n) is 5.20. The topological polar surface area (TPSA) is 18.5 Å². The standard InChI is InChI=1S/C12H24F3N3/c1-10(16-3)8-11(2)18-6-4-17(5-7-18)9-12(13,14)15/h10-11,16H,4-9H2,1-3H3. The fourth-order valence-electron chi connectivity index (χ4n) is 2.39. The number of alkyl halides is 3. The van der Waals surface area contributed by atoms with Crippen LogP contribution in [0.5, 0.6) is 0 Å². The van der Waals surface area contributed by atoms with E-state index in [-0.39, 0.29) is 0 Å². The summed E-state index contributed by atoms with van der Waals surface area (Å²) in [5.41, 5.74) is 0. The van der Waals surface area contributed by atoms with Crippen molar-refractivity contribution in [2.75, 3.05) is 39.8 Å². The molecule has 1 rings (SSSR count). The zero-order chi connectivity index (χ0) is 13.8. The van der Waals surface area contributed by atoms with Crippen LogP contribution >= 0.6 is 0 Å². The number of nitrogens with one attached hydrogen (secondary N) is 1. The molecule has 1 aliphatic heterocycles. The van der Waals surface area contributed by atoms with E-state index in [1.807, 2.05) is 7.05 Å². The van der Waals surface area contributed by atoms with Crippen molar-refractivity contribution in [3.05, 3.63) is 0 Å². The fraction of sp³-hybridized carbons (Fsp3) is 1.00. The molecule has 18 heavy (non-hydrogen) atoms. The summed E-state index contributed by atoms with van der Waals surface area (Å²) >= 11 is 0. The predicted molar refractivity (Wildman–Crippen MR) is 66.7 cm³/mol. The molecule has 3 nitrogen and oxygen atoms in total. The lowest BCUT2D eigenvalue weighted by Crippen LogP contribution is -2.52. The van der Waals surface area contributed by atoms with Gasteiger partial charge in [0.25, 0.3) is 0 Å². The minimum atomic E-state index is -4.07. The largest absolute Gasteiger partial charge is 0.401 e. The van der Waals surface area contributed by atoms with Crippen molar-refractivity contribution in [3.63, 3.8) is 0 Å². The average Bonchev–Trinajstić information content (AvgIpc) is 2.27. The van der Waals surface area contributed by atoms with Crippen LogP contribution in [0.15, 0.2) is 0 Å². The van der Waals surface area contributed by atoms with Crippen LogP contribution in [0, 0.1) is 0 Å². The van der Waals surface area contributed by atoms with Gasteiger partial charge in [-0.05, 0) is 27.3 Å². The highest BCUT2D eigenvalue weighted by molar-refractivity contribution is 4.79. The minimum Gasteiger partial charge on any atom is -0.317 e. The molecule has 1 saturated heterocycles. The second-order valence-corrected chi connectivity index (χ2v) is 5.20. The van der Waals surface area contributed by atoms with Gasteiger partial charge in [0.05, 0.1) is 6.54 Å². The number of hydrogen-bond donors (Lipinski definition) is 1. The van der Waals surface area contributed by atoms with Crippen LogP contribution in [0.1, 0.15) is 20.3 Å². The van der Waals surface area contributed by atoms with Crippen LogP contribution in [0.3, 0.4) is 0 Å². The first kappa shape index (κ1) is 15.7. The van der Waals surface area contributed by atoms with Gasteiger partial charge in [0.2, 0.25) is 0 Å². The Morgan fingerprint density at radius 1 is 1.11 bits per heavy atom. The van der Waals surface area contributed by atoms with Gasteiger partial charge in [0.15, 0.2) is 0 Å². The number of rotatable bonds is 5. The molecule has 1 fully saturated rings. The minimum absolute atomic E-state index is 0.417. The molecule has 0 spiro atoms. The molecular formula is C12H24F3N3. The van der Waals surface area contributed by atoms with Gasteiger partial charge in [0, 0.05) is 38.3 Å². The van der Waals surface area contributed by atoms with Crippen molar-refractivity contribution in [2.24, 2.45) is 0 Å². The lowest BCUT2D eigenvalue weighted by atomic mass is 10.1. The molecular weight excluding hydrogens is 243 g/mol. The van der Waals surface area contributed by atoms with Crippen molar-refractivity contribution in [3.8, 4) is 0 Å². The third kappa shape index (κ3) is 5.54. The third-order valence-corrected chi connectivity index (χ3v) is 3.62. The van der Waals surface area contributed by atoms with Crippen LogP contribution < -0.4 is 5.32 Å². The molecule has 0 radical (unpaired) electrons. The van der Waals surface area contributed by atoms with Crippen LogP contribution in [0.2, 0.25) is 0 Å². The summed E-state index contributed by atoms with van der Waals surface area (Å²) in [5.74, 6) is 0. The first-order valence-corrected chi connectivity index (χ1v) is 6.52. The normalized spacial score (nSPS) is 23.0. The molecule has 1 aliphatic rings. The zero-order valence-electron chi connectivity index (χ0n) is 11.4. The maximum absolute atomic E-state index is 12.3. The summed E-state index contributed by atoms with van der Waals surface area (Å²) in [7, 11) is 1.93. The van der Waals surface area contributed by atoms with Gasteiger partial charge >= 0.3 is 6.18 Å². The maximum atomic E-state index is 12.3. The highest BCUT2D eigenvalue weighted by Crippen LogP contribution is 2.18. The Kier molecular flexibility index (Phi) is 5.88. The van der Waals surface area contributed by atoms with Gasteiger partial charge < -0.3 is 5.32 Å². The number of piperazine rings is 1. The highest BCUT2D eigenvalue weighted by Gasteiger charge is 2.32. The first-order valence-electron chi connectivity index (χ1n) is 6.52. The van der Waals surface area contributed by atoms with Crippen LogP contribution in [0.4, 0.5) is 13.2 Å². The van der Waals surface area contributed by atoms with Crippen LogP contribution in [-0.2, 0) is 0 Å². The summed E-state index contributed by atoms with van der Waals surface area (Å²) < 4.78 is 36.8. The van der Waals surface area contributed by atoms with Crippen molar-refractivity contribution in [1.82, 2.24) is 15.1 Å². The lowest BCUT2D eigenvalue weighted by Gasteiger charge is -2.38. The number of hydrogen-bond acceptors (Lipinski definition) is 3. The smallest absolute Gasteiger partial charge is 0.317 e. The van der Waals surface area contributed by atoms with Crippen molar-refractivity contribution in [1.29, 1.82) is 0 Å². The molecule has 0 aliphatic carbocycles. The monoisotopic (exact) mass is 267 g/mol. The molecule has 0 aromatic carbocycles. The second kappa shape index (κ2) is 6.73. The number of nitrogens with zero attached hydrogens (tertiary/aromatic N) is 2. The van der Waals surface area contributed by atoms with Crippen molar-refractivity contribution in [2.45, 2.75) is 38.5 Å². The maximum Gasteiger partial charge on any atom is 0.401 e. The van der Waals surface area contributed by atoms with Crippen LogP contribution in [0.25, 0.3) is 0 Å². The Morgan fingerprint density at radius 2 is 1.67 bits per heavy atom. The van der Waals surface area contributed by atoms with Gasteiger partial charge in [-0.15, -0.1) is 0 Å². The van der Waals surface area contributed by atoms with E-state index in [0.717, 1.165) is 19.5 Å². The third-order valence-electron chi connectivity index (χ3n) is 3.62. The summed E-state index contributed by atoms with van der Waals surface area (Å²) in [5, 5.41) is 3.19. The lowest BCUT2D eigenvalue weighted by molar-refractivity contribution is -0.149. The van der Waals surface area contributed by atoms with E-state index in [0.29, 0.717) is 25.2 Å². The Labute approximate surface area is 107 Å². The highest BCUT2D eigenvalue weighted by atomic mass is 19.4. The molecule has 0 saturated carbocycles. The fourth-order valence-corrected chi connectivity index (χ4v) is 2.39. The SMILES string of the molecule is CNC(C)CC(C)N1CCN(CC(F)(F)F)CC1. The Balaban J connectivity index is 2.30. The molecule has 1 heterocycles. The molecule has 0 aromatic rings. The van der Waals surface area contributed by atoms with E-state index in [9.17, 15) is 13.2 Å². The van der Waals surface area contributed by atoms with Crippen LogP contribution in [-0.4, -0.2) is 67.8 Å². The van der Waals surface area contributed by atoms with E-state index < -0.39 is 12.7 Å². The summed E-state index contributed by atoms with van der Waals surface area (Å²) in [4.78, 5) is 3.77. The van der Waals surface area contributed by atoms with E-state index in [4.69, 9.17) is 0 Å². The molecule has 0 amide bonds. The Hall–Kier alpha value is -0.330. The predicted octanol–water partition coefficient (Wildman–Crippen LogP) is 1.55. The molecule has 108 valence electrons. The van der Waals surface area contributed by atoms with Gasteiger partial charge in [-0.3, -0.25) is 9.80 Å².